The number of hydrogen-bond acceptors (Lipinski definition) is 4. The molecule has 0 N–H and O–H groups in total. The molecule has 1 aromatic heterocycles. The first kappa shape index (κ1) is 14.3. The van der Waals surface area contributed by atoms with Crippen LogP contribution in [0.25, 0.3) is 0 Å². The van der Waals surface area contributed by atoms with Gasteiger partial charge in [0.25, 0.3) is 0 Å². The Kier molecular flexibility index (Phi) is 4.58. The second-order valence-electron chi connectivity index (χ2n) is 5.57. The number of likely N-dealkylation sites (tertiary alicyclic amines) is 1. The molecular formula is C15H21FN2OS. The highest BCUT2D eigenvalue weighted by Gasteiger charge is 2.26. The van der Waals surface area contributed by atoms with Gasteiger partial charge in [0, 0.05) is 32.2 Å². The van der Waals surface area contributed by atoms with E-state index >= 15 is 0 Å². The number of halogens is 1. The first-order valence-corrected chi connectivity index (χ1v) is 8.46. The Morgan fingerprint density at radius 3 is 3.00 bits per heavy atom. The van der Waals surface area contributed by atoms with Crippen molar-refractivity contribution in [3.8, 4) is 0 Å². The molecule has 0 aliphatic carbocycles. The van der Waals surface area contributed by atoms with E-state index < -0.39 is 6.17 Å². The molecular weight excluding hydrogens is 275 g/mol. The molecule has 1 aromatic rings. The Labute approximate surface area is 123 Å². The largest absolute Gasteiger partial charge is 0.381 e. The molecule has 5 heteroatoms. The smallest absolute Gasteiger partial charge is 0.114 e. The van der Waals surface area contributed by atoms with Gasteiger partial charge in [0.1, 0.15) is 6.17 Å². The summed E-state index contributed by atoms with van der Waals surface area (Å²) < 4.78 is 18.8. The van der Waals surface area contributed by atoms with Crippen molar-refractivity contribution in [2.24, 2.45) is 0 Å². The molecule has 0 amide bonds. The summed E-state index contributed by atoms with van der Waals surface area (Å²) in [5.74, 6) is 0.456. The number of rotatable bonds is 4. The van der Waals surface area contributed by atoms with Crippen LogP contribution in [0, 0.1) is 0 Å². The lowest BCUT2D eigenvalue weighted by molar-refractivity contribution is 0.193. The maximum atomic E-state index is 13.3. The zero-order valence-electron chi connectivity index (χ0n) is 11.8. The lowest BCUT2D eigenvalue weighted by atomic mass is 9.97. The van der Waals surface area contributed by atoms with Crippen molar-refractivity contribution in [1.29, 1.82) is 0 Å². The van der Waals surface area contributed by atoms with Crippen LogP contribution in [0.3, 0.4) is 0 Å². The van der Waals surface area contributed by atoms with E-state index in [9.17, 15) is 4.39 Å². The summed E-state index contributed by atoms with van der Waals surface area (Å²) in [6, 6.07) is 4.28. The molecule has 0 bridgehead atoms. The number of thioether (sulfide) groups is 1. The van der Waals surface area contributed by atoms with Crippen LogP contribution in [0.2, 0.25) is 0 Å². The molecule has 1 unspecified atom stereocenters. The molecule has 0 spiro atoms. The van der Waals surface area contributed by atoms with Gasteiger partial charge in [-0.2, -0.15) is 0 Å². The minimum atomic E-state index is -0.669. The average molecular weight is 296 g/mol. The molecule has 3 nitrogen and oxygen atoms in total. The Balaban J connectivity index is 1.81. The molecule has 2 fully saturated rings. The fourth-order valence-electron chi connectivity index (χ4n) is 3.02. The fourth-order valence-corrected chi connectivity index (χ4v) is 3.43. The third-order valence-electron chi connectivity index (χ3n) is 4.15. The molecule has 3 rings (SSSR count). The van der Waals surface area contributed by atoms with Crippen LogP contribution in [0.4, 0.5) is 4.39 Å². The molecule has 2 aliphatic heterocycles. The highest BCUT2D eigenvalue weighted by Crippen LogP contribution is 2.30. The minimum Gasteiger partial charge on any atom is -0.381 e. The third kappa shape index (κ3) is 3.15. The molecule has 2 atom stereocenters. The van der Waals surface area contributed by atoms with Crippen molar-refractivity contribution in [1.82, 2.24) is 9.88 Å². The van der Waals surface area contributed by atoms with Gasteiger partial charge in [0.2, 0.25) is 0 Å². The molecule has 110 valence electrons. The van der Waals surface area contributed by atoms with E-state index in [2.05, 4.69) is 17.0 Å². The molecule has 20 heavy (non-hydrogen) atoms. The molecule has 0 saturated carbocycles. The van der Waals surface area contributed by atoms with Gasteiger partial charge in [-0.25, -0.2) is 9.37 Å². The van der Waals surface area contributed by atoms with Crippen LogP contribution in [-0.4, -0.2) is 48.6 Å². The maximum Gasteiger partial charge on any atom is 0.114 e. The van der Waals surface area contributed by atoms with E-state index in [1.165, 1.54) is 5.56 Å². The number of alkyl halides is 1. The third-order valence-corrected chi connectivity index (χ3v) is 4.80. The van der Waals surface area contributed by atoms with Crippen LogP contribution in [0.1, 0.15) is 30.0 Å². The van der Waals surface area contributed by atoms with Crippen molar-refractivity contribution < 1.29 is 9.13 Å². The fraction of sp³-hybridized carbons (Fsp3) is 0.667. The van der Waals surface area contributed by atoms with Crippen LogP contribution in [0.5, 0.6) is 0 Å². The van der Waals surface area contributed by atoms with Crippen LogP contribution in [-0.2, 0) is 11.3 Å². The number of ether oxygens (including phenoxy) is 1. The molecule has 2 saturated heterocycles. The summed E-state index contributed by atoms with van der Waals surface area (Å²) in [5.41, 5.74) is 2.41. The normalized spacial score (nSPS) is 27.3. The van der Waals surface area contributed by atoms with Gasteiger partial charge in [-0.15, -0.1) is 11.8 Å². The van der Waals surface area contributed by atoms with E-state index in [4.69, 9.17) is 9.72 Å². The van der Waals surface area contributed by atoms with Gasteiger partial charge in [0.05, 0.1) is 17.3 Å². The zero-order chi connectivity index (χ0) is 13.9. The number of hydrogen-bond donors (Lipinski definition) is 0. The molecule has 2 aliphatic rings. The van der Waals surface area contributed by atoms with Crippen LogP contribution < -0.4 is 0 Å². The van der Waals surface area contributed by atoms with Gasteiger partial charge >= 0.3 is 0 Å². The lowest BCUT2D eigenvalue weighted by Crippen LogP contribution is -2.22. The second-order valence-corrected chi connectivity index (χ2v) is 6.40. The van der Waals surface area contributed by atoms with Crippen molar-refractivity contribution in [3.05, 3.63) is 23.4 Å². The summed E-state index contributed by atoms with van der Waals surface area (Å²) in [6.45, 7) is 3.78. The van der Waals surface area contributed by atoms with Crippen molar-refractivity contribution in [2.45, 2.75) is 36.5 Å². The molecule has 0 radical (unpaired) electrons. The summed E-state index contributed by atoms with van der Waals surface area (Å²) in [4.78, 5) is 6.94. The summed E-state index contributed by atoms with van der Waals surface area (Å²) in [5, 5.41) is 1.04. The zero-order valence-corrected chi connectivity index (χ0v) is 12.7. The lowest BCUT2D eigenvalue weighted by Gasteiger charge is -2.19. The second kappa shape index (κ2) is 6.41. The topological polar surface area (TPSA) is 25.4 Å². The number of pyridine rings is 1. The van der Waals surface area contributed by atoms with E-state index in [0.717, 1.165) is 43.4 Å². The van der Waals surface area contributed by atoms with E-state index in [1.807, 2.05) is 6.26 Å². The van der Waals surface area contributed by atoms with E-state index in [1.54, 1.807) is 11.8 Å². The average Bonchev–Trinajstić information content (AvgIpc) is 3.10. The van der Waals surface area contributed by atoms with E-state index in [-0.39, 0.29) is 0 Å². The highest BCUT2D eigenvalue weighted by atomic mass is 32.2. The van der Waals surface area contributed by atoms with Gasteiger partial charge in [-0.3, -0.25) is 4.90 Å². The molecule has 0 aromatic carbocycles. The van der Waals surface area contributed by atoms with Crippen molar-refractivity contribution in [2.75, 3.05) is 32.6 Å². The molecule has 3 heterocycles. The predicted octanol–water partition coefficient (Wildman–Crippen LogP) is 2.85. The van der Waals surface area contributed by atoms with Gasteiger partial charge in [-0.05, 0) is 30.7 Å². The maximum absolute atomic E-state index is 13.3. The summed E-state index contributed by atoms with van der Waals surface area (Å²) in [6.07, 6.45) is 3.10. The van der Waals surface area contributed by atoms with Gasteiger partial charge in [-0.1, -0.05) is 6.07 Å². The predicted molar refractivity (Wildman–Crippen MR) is 79.0 cm³/mol. The Morgan fingerprint density at radius 1 is 1.45 bits per heavy atom. The number of nitrogens with zero attached hydrogens (tertiary/aromatic N) is 2. The summed E-state index contributed by atoms with van der Waals surface area (Å²) in [7, 11) is 0. The van der Waals surface area contributed by atoms with Gasteiger partial charge in [0.15, 0.2) is 0 Å². The standard InChI is InChI=1S/C15H21FN2OS/c1-20-15-3-2-13(11-5-7-19-10-11)14(17-15)9-18-6-4-12(16)8-18/h2-3,11-12H,4-10H2,1H3/t11?,12-/m1/s1. The van der Waals surface area contributed by atoms with Crippen LogP contribution in [0.15, 0.2) is 17.2 Å². The monoisotopic (exact) mass is 296 g/mol. The van der Waals surface area contributed by atoms with E-state index in [0.29, 0.717) is 18.9 Å². The highest BCUT2D eigenvalue weighted by molar-refractivity contribution is 7.98. The van der Waals surface area contributed by atoms with Crippen LogP contribution >= 0.6 is 11.8 Å². The van der Waals surface area contributed by atoms with Crippen molar-refractivity contribution >= 4 is 11.8 Å². The van der Waals surface area contributed by atoms with Crippen molar-refractivity contribution in [3.63, 3.8) is 0 Å². The first-order chi connectivity index (χ1) is 9.76. The Hall–Kier alpha value is -0.650. The Bertz CT molecular complexity index is 465. The SMILES string of the molecule is CSc1ccc(C2CCOC2)c(CN2CC[C@@H](F)C2)n1. The minimum absolute atomic E-state index is 0.456. The Morgan fingerprint density at radius 2 is 2.35 bits per heavy atom. The first-order valence-electron chi connectivity index (χ1n) is 7.24. The number of aromatic nitrogens is 1. The van der Waals surface area contributed by atoms with Gasteiger partial charge < -0.3 is 4.74 Å². The quantitative estimate of drug-likeness (QED) is 0.798. The summed E-state index contributed by atoms with van der Waals surface area (Å²) >= 11 is 1.66.